The molecule has 1 aliphatic rings. The highest BCUT2D eigenvalue weighted by atomic mass is 15.2. The van der Waals surface area contributed by atoms with Crippen molar-refractivity contribution < 1.29 is 0 Å². The molecule has 1 saturated heterocycles. The molecule has 1 fully saturated rings. The van der Waals surface area contributed by atoms with Crippen LogP contribution in [-0.4, -0.2) is 48.0 Å². The Labute approximate surface area is 98.1 Å². The van der Waals surface area contributed by atoms with Crippen molar-refractivity contribution in [3.8, 4) is 0 Å². The van der Waals surface area contributed by atoms with Gasteiger partial charge in [0.2, 0.25) is 0 Å². The van der Waals surface area contributed by atoms with Crippen LogP contribution in [0.5, 0.6) is 0 Å². The van der Waals surface area contributed by atoms with Crippen LogP contribution in [0.15, 0.2) is 18.3 Å². The van der Waals surface area contributed by atoms with Gasteiger partial charge in [0.05, 0.1) is 0 Å². The third kappa shape index (κ3) is 3.03. The lowest BCUT2D eigenvalue weighted by Gasteiger charge is -2.32. The van der Waals surface area contributed by atoms with E-state index in [1.165, 1.54) is 37.4 Å². The first-order valence-electron chi connectivity index (χ1n) is 6.12. The highest BCUT2D eigenvalue weighted by Crippen LogP contribution is 2.07. The third-order valence-corrected chi connectivity index (χ3v) is 3.25. The molecular weight excluding hydrogens is 198 g/mol. The molecule has 1 aliphatic heterocycles. The molecule has 1 aromatic rings. The first-order valence-corrected chi connectivity index (χ1v) is 6.12. The van der Waals surface area contributed by atoms with Gasteiger partial charge >= 0.3 is 0 Å². The summed E-state index contributed by atoms with van der Waals surface area (Å²) in [5.74, 6) is 0. The standard InChI is InChI=1S/C13H21N3/c1-3-13-5-4-12(10-14-13)11-16-8-6-15(2)7-9-16/h4-5,10H,3,6-9,11H2,1-2H3. The third-order valence-electron chi connectivity index (χ3n) is 3.25. The molecule has 0 saturated carbocycles. The van der Waals surface area contributed by atoms with E-state index in [1.54, 1.807) is 0 Å². The van der Waals surface area contributed by atoms with Crippen LogP contribution in [0.4, 0.5) is 0 Å². The molecule has 0 unspecified atom stereocenters. The van der Waals surface area contributed by atoms with Crippen LogP contribution < -0.4 is 0 Å². The largest absolute Gasteiger partial charge is 0.304 e. The summed E-state index contributed by atoms with van der Waals surface area (Å²) in [4.78, 5) is 9.33. The van der Waals surface area contributed by atoms with Gasteiger partial charge in [-0.05, 0) is 25.1 Å². The fourth-order valence-corrected chi connectivity index (χ4v) is 2.02. The Kier molecular flexibility index (Phi) is 3.91. The van der Waals surface area contributed by atoms with Crippen molar-refractivity contribution in [1.82, 2.24) is 14.8 Å². The van der Waals surface area contributed by atoms with Crippen LogP contribution >= 0.6 is 0 Å². The van der Waals surface area contributed by atoms with E-state index >= 15 is 0 Å². The van der Waals surface area contributed by atoms with Crippen molar-refractivity contribution in [1.29, 1.82) is 0 Å². The first kappa shape index (κ1) is 11.6. The predicted molar refractivity (Wildman–Crippen MR) is 66.4 cm³/mol. The normalized spacial score (nSPS) is 18.9. The summed E-state index contributed by atoms with van der Waals surface area (Å²) in [5.41, 5.74) is 2.52. The first-order chi connectivity index (χ1) is 7.78. The highest BCUT2D eigenvalue weighted by Gasteiger charge is 2.13. The molecule has 0 radical (unpaired) electrons. The number of likely N-dealkylation sites (N-methyl/N-ethyl adjacent to an activating group) is 1. The van der Waals surface area contributed by atoms with E-state index in [2.05, 4.69) is 40.9 Å². The van der Waals surface area contributed by atoms with Crippen molar-refractivity contribution in [2.24, 2.45) is 0 Å². The van der Waals surface area contributed by atoms with E-state index in [-0.39, 0.29) is 0 Å². The molecule has 1 aromatic heterocycles. The number of nitrogens with zero attached hydrogens (tertiary/aromatic N) is 3. The Bertz CT molecular complexity index is 312. The number of aryl methyl sites for hydroxylation is 1. The second-order valence-corrected chi connectivity index (χ2v) is 4.59. The number of pyridine rings is 1. The van der Waals surface area contributed by atoms with Crippen LogP contribution in [0.25, 0.3) is 0 Å². The lowest BCUT2D eigenvalue weighted by Crippen LogP contribution is -2.43. The molecule has 3 heteroatoms. The Morgan fingerprint density at radius 1 is 1.19 bits per heavy atom. The maximum Gasteiger partial charge on any atom is 0.0401 e. The second kappa shape index (κ2) is 5.41. The van der Waals surface area contributed by atoms with Crippen molar-refractivity contribution >= 4 is 0 Å². The zero-order valence-electron chi connectivity index (χ0n) is 10.3. The van der Waals surface area contributed by atoms with Crippen molar-refractivity contribution in [2.75, 3.05) is 33.2 Å². The summed E-state index contributed by atoms with van der Waals surface area (Å²) in [5, 5.41) is 0. The van der Waals surface area contributed by atoms with Gasteiger partial charge in [-0.3, -0.25) is 9.88 Å². The van der Waals surface area contributed by atoms with Gasteiger partial charge in [-0.25, -0.2) is 0 Å². The maximum absolute atomic E-state index is 4.44. The summed E-state index contributed by atoms with van der Waals surface area (Å²) in [7, 11) is 2.19. The van der Waals surface area contributed by atoms with E-state index < -0.39 is 0 Å². The Morgan fingerprint density at radius 3 is 2.50 bits per heavy atom. The minimum Gasteiger partial charge on any atom is -0.304 e. The summed E-state index contributed by atoms with van der Waals surface area (Å²) in [6.07, 6.45) is 3.05. The summed E-state index contributed by atoms with van der Waals surface area (Å²) < 4.78 is 0. The van der Waals surface area contributed by atoms with E-state index in [9.17, 15) is 0 Å². The molecule has 2 heterocycles. The monoisotopic (exact) mass is 219 g/mol. The lowest BCUT2D eigenvalue weighted by atomic mass is 10.2. The van der Waals surface area contributed by atoms with Crippen molar-refractivity contribution in [3.63, 3.8) is 0 Å². The zero-order chi connectivity index (χ0) is 11.4. The SMILES string of the molecule is CCc1ccc(CN2CCN(C)CC2)cn1. The smallest absolute Gasteiger partial charge is 0.0401 e. The van der Waals surface area contributed by atoms with Gasteiger partial charge in [-0.15, -0.1) is 0 Å². The molecule has 88 valence electrons. The highest BCUT2D eigenvalue weighted by molar-refractivity contribution is 5.14. The van der Waals surface area contributed by atoms with Crippen LogP contribution in [0.2, 0.25) is 0 Å². The predicted octanol–water partition coefficient (Wildman–Crippen LogP) is 1.39. The number of hydrogen-bond donors (Lipinski definition) is 0. The average Bonchev–Trinajstić information content (AvgIpc) is 2.33. The van der Waals surface area contributed by atoms with Crippen LogP contribution in [0, 0.1) is 0 Å². The fourth-order valence-electron chi connectivity index (χ4n) is 2.02. The molecule has 0 aliphatic carbocycles. The maximum atomic E-state index is 4.44. The van der Waals surface area contributed by atoms with Gasteiger partial charge in [0.1, 0.15) is 0 Å². The number of hydrogen-bond acceptors (Lipinski definition) is 3. The van der Waals surface area contributed by atoms with Crippen molar-refractivity contribution in [2.45, 2.75) is 19.9 Å². The van der Waals surface area contributed by atoms with E-state index in [0.717, 1.165) is 13.0 Å². The van der Waals surface area contributed by atoms with Gasteiger partial charge in [-0.1, -0.05) is 13.0 Å². The summed E-state index contributed by atoms with van der Waals surface area (Å²) in [6, 6.07) is 4.36. The van der Waals surface area contributed by atoms with Gasteiger partial charge in [-0.2, -0.15) is 0 Å². The van der Waals surface area contributed by atoms with Gasteiger partial charge < -0.3 is 4.90 Å². The molecular formula is C13H21N3. The summed E-state index contributed by atoms with van der Waals surface area (Å²) in [6.45, 7) is 7.90. The molecule has 3 nitrogen and oxygen atoms in total. The molecule has 0 aromatic carbocycles. The molecule has 0 amide bonds. The van der Waals surface area contributed by atoms with Gasteiger partial charge in [0.25, 0.3) is 0 Å². The minimum atomic E-state index is 1.02. The Balaban J connectivity index is 1.88. The van der Waals surface area contributed by atoms with E-state index in [4.69, 9.17) is 0 Å². The molecule has 2 rings (SSSR count). The van der Waals surface area contributed by atoms with Crippen molar-refractivity contribution in [3.05, 3.63) is 29.6 Å². The minimum absolute atomic E-state index is 1.02. The number of piperazine rings is 1. The lowest BCUT2D eigenvalue weighted by molar-refractivity contribution is 0.148. The molecule has 0 atom stereocenters. The Hall–Kier alpha value is -0.930. The number of rotatable bonds is 3. The second-order valence-electron chi connectivity index (χ2n) is 4.59. The van der Waals surface area contributed by atoms with E-state index in [0.29, 0.717) is 0 Å². The van der Waals surface area contributed by atoms with Crippen LogP contribution in [-0.2, 0) is 13.0 Å². The quantitative estimate of drug-likeness (QED) is 0.766. The molecule has 0 spiro atoms. The Morgan fingerprint density at radius 2 is 1.94 bits per heavy atom. The van der Waals surface area contributed by atoms with Gasteiger partial charge in [0.15, 0.2) is 0 Å². The average molecular weight is 219 g/mol. The zero-order valence-corrected chi connectivity index (χ0v) is 10.3. The van der Waals surface area contributed by atoms with Crippen LogP contribution in [0.1, 0.15) is 18.2 Å². The van der Waals surface area contributed by atoms with E-state index in [1.807, 2.05) is 6.20 Å². The van der Waals surface area contributed by atoms with Crippen LogP contribution in [0.3, 0.4) is 0 Å². The molecule has 16 heavy (non-hydrogen) atoms. The van der Waals surface area contributed by atoms with Gasteiger partial charge in [0, 0.05) is 44.6 Å². The molecule has 0 bridgehead atoms. The number of aromatic nitrogens is 1. The topological polar surface area (TPSA) is 19.4 Å². The fraction of sp³-hybridized carbons (Fsp3) is 0.615. The summed E-state index contributed by atoms with van der Waals surface area (Å²) >= 11 is 0. The molecule has 0 N–H and O–H groups in total.